The van der Waals surface area contributed by atoms with Gasteiger partial charge in [-0.3, -0.25) is 0 Å². The van der Waals surface area contributed by atoms with Crippen molar-refractivity contribution in [2.75, 3.05) is 6.54 Å². The molecular formula is C14H20N2O. The van der Waals surface area contributed by atoms with E-state index in [0.29, 0.717) is 18.5 Å². The lowest BCUT2D eigenvalue weighted by Gasteiger charge is -2.07. The van der Waals surface area contributed by atoms with E-state index in [2.05, 4.69) is 42.7 Å². The molecule has 0 spiro atoms. The van der Waals surface area contributed by atoms with E-state index in [-0.39, 0.29) is 6.03 Å². The van der Waals surface area contributed by atoms with Crippen molar-refractivity contribution in [2.45, 2.75) is 39.2 Å². The van der Waals surface area contributed by atoms with E-state index >= 15 is 0 Å². The number of aryl methyl sites for hydroxylation is 2. The number of amides is 2. The highest BCUT2D eigenvalue weighted by Crippen LogP contribution is 2.41. The first-order valence-corrected chi connectivity index (χ1v) is 6.23. The Kier molecular flexibility index (Phi) is 3.36. The van der Waals surface area contributed by atoms with Gasteiger partial charge in [0.25, 0.3) is 0 Å². The molecule has 3 nitrogen and oxygen atoms in total. The molecule has 2 atom stereocenters. The lowest BCUT2D eigenvalue weighted by Crippen LogP contribution is -2.37. The van der Waals surface area contributed by atoms with Crippen molar-refractivity contribution in [2.24, 2.45) is 0 Å². The maximum absolute atomic E-state index is 11.4. The summed E-state index contributed by atoms with van der Waals surface area (Å²) in [6.45, 7) is 6.85. The van der Waals surface area contributed by atoms with Crippen LogP contribution in [0.5, 0.6) is 0 Å². The van der Waals surface area contributed by atoms with E-state index < -0.39 is 0 Å². The van der Waals surface area contributed by atoms with Gasteiger partial charge in [-0.1, -0.05) is 18.2 Å². The zero-order chi connectivity index (χ0) is 12.4. The molecule has 1 aliphatic rings. The third-order valence-electron chi connectivity index (χ3n) is 3.40. The number of hydrogen-bond donors (Lipinski definition) is 2. The molecule has 0 aliphatic heterocycles. The predicted molar refractivity (Wildman–Crippen MR) is 69.3 cm³/mol. The van der Waals surface area contributed by atoms with Crippen molar-refractivity contribution in [3.8, 4) is 0 Å². The second-order valence-electron chi connectivity index (χ2n) is 4.80. The molecule has 3 heteroatoms. The van der Waals surface area contributed by atoms with E-state index in [1.807, 2.05) is 6.92 Å². The first-order chi connectivity index (χ1) is 8.11. The molecule has 0 heterocycles. The van der Waals surface area contributed by atoms with Crippen LogP contribution in [0.4, 0.5) is 4.79 Å². The molecule has 1 saturated carbocycles. The Hall–Kier alpha value is -1.51. The van der Waals surface area contributed by atoms with Crippen LogP contribution in [0.3, 0.4) is 0 Å². The summed E-state index contributed by atoms with van der Waals surface area (Å²) in [5.74, 6) is 0.497. The minimum atomic E-state index is -0.0520. The molecule has 0 aromatic heterocycles. The van der Waals surface area contributed by atoms with E-state index in [9.17, 15) is 4.79 Å². The van der Waals surface area contributed by atoms with Crippen LogP contribution in [0.15, 0.2) is 18.2 Å². The van der Waals surface area contributed by atoms with Crippen molar-refractivity contribution in [3.63, 3.8) is 0 Å². The van der Waals surface area contributed by atoms with Crippen LogP contribution in [-0.2, 0) is 0 Å². The molecular weight excluding hydrogens is 212 g/mol. The van der Waals surface area contributed by atoms with Gasteiger partial charge in [0.15, 0.2) is 0 Å². The van der Waals surface area contributed by atoms with Gasteiger partial charge in [-0.2, -0.15) is 0 Å². The first-order valence-electron chi connectivity index (χ1n) is 6.23. The highest BCUT2D eigenvalue weighted by atomic mass is 16.2. The Labute approximate surface area is 103 Å². The highest BCUT2D eigenvalue weighted by Gasteiger charge is 2.39. The Bertz CT molecular complexity index is 428. The molecule has 0 saturated heterocycles. The van der Waals surface area contributed by atoms with Gasteiger partial charge in [0, 0.05) is 18.5 Å². The summed E-state index contributed by atoms with van der Waals surface area (Å²) in [7, 11) is 0. The second kappa shape index (κ2) is 4.78. The normalized spacial score (nSPS) is 22.1. The smallest absolute Gasteiger partial charge is 0.315 e. The fourth-order valence-corrected chi connectivity index (χ4v) is 2.10. The Morgan fingerprint density at radius 2 is 2.12 bits per heavy atom. The van der Waals surface area contributed by atoms with Gasteiger partial charge in [-0.25, -0.2) is 4.79 Å². The van der Waals surface area contributed by atoms with Crippen molar-refractivity contribution >= 4 is 6.03 Å². The summed E-state index contributed by atoms with van der Waals surface area (Å²) >= 11 is 0. The first kappa shape index (κ1) is 12.0. The summed E-state index contributed by atoms with van der Waals surface area (Å²) in [6.07, 6.45) is 1.06. The van der Waals surface area contributed by atoms with Gasteiger partial charge in [0.1, 0.15) is 0 Å². The highest BCUT2D eigenvalue weighted by molar-refractivity contribution is 5.74. The van der Waals surface area contributed by atoms with E-state index in [4.69, 9.17) is 0 Å². The van der Waals surface area contributed by atoms with Gasteiger partial charge in [0.2, 0.25) is 0 Å². The summed E-state index contributed by atoms with van der Waals surface area (Å²) in [5, 5.41) is 5.75. The largest absolute Gasteiger partial charge is 0.338 e. The van der Waals surface area contributed by atoms with Crippen molar-refractivity contribution in [1.82, 2.24) is 10.6 Å². The lowest BCUT2D eigenvalue weighted by atomic mass is 10.0. The van der Waals surface area contributed by atoms with Crippen molar-refractivity contribution in [1.29, 1.82) is 0 Å². The van der Waals surface area contributed by atoms with Crippen LogP contribution in [0.25, 0.3) is 0 Å². The van der Waals surface area contributed by atoms with E-state index in [1.54, 1.807) is 0 Å². The van der Waals surface area contributed by atoms with Crippen LogP contribution in [0, 0.1) is 13.8 Å². The Balaban J connectivity index is 1.93. The topological polar surface area (TPSA) is 41.1 Å². The molecule has 1 fully saturated rings. The average molecular weight is 232 g/mol. The lowest BCUT2D eigenvalue weighted by molar-refractivity contribution is 0.241. The molecule has 92 valence electrons. The molecule has 0 radical (unpaired) electrons. The minimum absolute atomic E-state index is 0.0520. The number of carbonyl (C=O) groups is 1. The third-order valence-corrected chi connectivity index (χ3v) is 3.40. The molecule has 0 bridgehead atoms. The number of carbonyl (C=O) groups excluding carboxylic acids is 1. The Morgan fingerprint density at radius 3 is 2.76 bits per heavy atom. The van der Waals surface area contributed by atoms with Gasteiger partial charge in [-0.15, -0.1) is 0 Å². The summed E-state index contributed by atoms with van der Waals surface area (Å²) in [6, 6.07) is 6.82. The zero-order valence-electron chi connectivity index (χ0n) is 10.7. The maximum Gasteiger partial charge on any atom is 0.315 e. The molecule has 2 N–H and O–H groups in total. The van der Waals surface area contributed by atoms with Crippen LogP contribution >= 0.6 is 0 Å². The van der Waals surface area contributed by atoms with Crippen molar-refractivity contribution in [3.05, 3.63) is 34.9 Å². The molecule has 2 rings (SSSR count). The zero-order valence-corrected chi connectivity index (χ0v) is 10.7. The van der Waals surface area contributed by atoms with Gasteiger partial charge >= 0.3 is 6.03 Å². The molecule has 17 heavy (non-hydrogen) atoms. The van der Waals surface area contributed by atoms with Gasteiger partial charge < -0.3 is 10.6 Å². The number of urea groups is 1. The fourth-order valence-electron chi connectivity index (χ4n) is 2.10. The molecule has 1 aromatic carbocycles. The molecule has 2 unspecified atom stereocenters. The molecule has 1 aromatic rings. The van der Waals surface area contributed by atoms with Crippen LogP contribution < -0.4 is 10.6 Å². The summed E-state index contributed by atoms with van der Waals surface area (Å²) in [4.78, 5) is 11.4. The number of hydrogen-bond acceptors (Lipinski definition) is 1. The molecule has 1 aliphatic carbocycles. The predicted octanol–water partition coefficient (Wildman–Crippen LogP) is 2.48. The monoisotopic (exact) mass is 232 g/mol. The SMILES string of the molecule is CCNC(=O)NC1CC1c1ccc(C)c(C)c1. The van der Waals surface area contributed by atoms with E-state index in [1.165, 1.54) is 16.7 Å². The number of rotatable bonds is 3. The fraction of sp³-hybridized carbons (Fsp3) is 0.500. The van der Waals surface area contributed by atoms with Crippen LogP contribution in [0.1, 0.15) is 36.0 Å². The second-order valence-corrected chi connectivity index (χ2v) is 4.80. The Morgan fingerprint density at radius 1 is 1.35 bits per heavy atom. The quantitative estimate of drug-likeness (QED) is 0.826. The van der Waals surface area contributed by atoms with Gasteiger partial charge in [-0.05, 0) is 43.9 Å². The van der Waals surface area contributed by atoms with Crippen LogP contribution in [0.2, 0.25) is 0 Å². The standard InChI is InChI=1S/C14H20N2O/c1-4-15-14(17)16-13-8-12(13)11-6-5-9(2)10(3)7-11/h5-7,12-13H,4,8H2,1-3H3,(H2,15,16,17). The number of benzene rings is 1. The van der Waals surface area contributed by atoms with E-state index in [0.717, 1.165) is 6.42 Å². The average Bonchev–Trinajstić information content (AvgIpc) is 3.01. The number of nitrogens with one attached hydrogen (secondary N) is 2. The summed E-state index contributed by atoms with van der Waals surface area (Å²) < 4.78 is 0. The van der Waals surface area contributed by atoms with Crippen LogP contribution in [-0.4, -0.2) is 18.6 Å². The minimum Gasteiger partial charge on any atom is -0.338 e. The summed E-state index contributed by atoms with van der Waals surface area (Å²) in [5.41, 5.74) is 3.99. The van der Waals surface area contributed by atoms with Crippen molar-refractivity contribution < 1.29 is 4.79 Å². The van der Waals surface area contributed by atoms with Gasteiger partial charge in [0.05, 0.1) is 0 Å². The maximum atomic E-state index is 11.4. The molecule has 2 amide bonds. The third kappa shape index (κ3) is 2.78.